The summed E-state index contributed by atoms with van der Waals surface area (Å²) in [5.74, 6) is 1.58. The summed E-state index contributed by atoms with van der Waals surface area (Å²) in [6.45, 7) is 5.83. The molecule has 0 saturated carbocycles. The SMILES string of the molecule is CCCOc1c(CN)cccc1OCC. The molecule has 0 spiro atoms. The molecular formula is C12H19NO2. The Labute approximate surface area is 91.2 Å². The van der Waals surface area contributed by atoms with Crippen LogP contribution in [-0.2, 0) is 6.54 Å². The van der Waals surface area contributed by atoms with E-state index < -0.39 is 0 Å². The van der Waals surface area contributed by atoms with E-state index >= 15 is 0 Å². The number of benzene rings is 1. The van der Waals surface area contributed by atoms with Crippen LogP contribution in [0.3, 0.4) is 0 Å². The molecule has 1 aromatic rings. The quantitative estimate of drug-likeness (QED) is 0.782. The van der Waals surface area contributed by atoms with Crippen molar-refractivity contribution in [2.24, 2.45) is 5.73 Å². The smallest absolute Gasteiger partial charge is 0.165 e. The number of hydrogen-bond acceptors (Lipinski definition) is 3. The van der Waals surface area contributed by atoms with Crippen LogP contribution in [0.1, 0.15) is 25.8 Å². The van der Waals surface area contributed by atoms with Crippen LogP contribution in [0.4, 0.5) is 0 Å². The average molecular weight is 209 g/mol. The van der Waals surface area contributed by atoms with Gasteiger partial charge in [-0.3, -0.25) is 0 Å². The van der Waals surface area contributed by atoms with Gasteiger partial charge in [-0.1, -0.05) is 19.1 Å². The Balaban J connectivity index is 2.92. The molecule has 0 aliphatic rings. The Morgan fingerprint density at radius 2 is 2.00 bits per heavy atom. The van der Waals surface area contributed by atoms with Crippen molar-refractivity contribution in [3.8, 4) is 11.5 Å². The fourth-order valence-corrected chi connectivity index (χ4v) is 1.36. The minimum Gasteiger partial charge on any atom is -0.490 e. The Morgan fingerprint density at radius 3 is 2.60 bits per heavy atom. The molecule has 0 radical (unpaired) electrons. The second-order valence-electron chi connectivity index (χ2n) is 3.23. The van der Waals surface area contributed by atoms with Crippen LogP contribution in [0.2, 0.25) is 0 Å². The van der Waals surface area contributed by atoms with Gasteiger partial charge in [0.2, 0.25) is 0 Å². The van der Waals surface area contributed by atoms with Crippen molar-refractivity contribution in [2.75, 3.05) is 13.2 Å². The average Bonchev–Trinajstić information content (AvgIpc) is 2.27. The van der Waals surface area contributed by atoms with Crippen molar-refractivity contribution in [1.29, 1.82) is 0 Å². The van der Waals surface area contributed by atoms with Crippen LogP contribution in [0.25, 0.3) is 0 Å². The molecule has 2 N–H and O–H groups in total. The molecule has 0 aliphatic carbocycles. The van der Waals surface area contributed by atoms with E-state index in [1.54, 1.807) is 0 Å². The van der Waals surface area contributed by atoms with Crippen LogP contribution in [0, 0.1) is 0 Å². The molecule has 0 bridgehead atoms. The zero-order chi connectivity index (χ0) is 11.1. The number of ether oxygens (including phenoxy) is 2. The maximum atomic E-state index is 5.66. The van der Waals surface area contributed by atoms with Gasteiger partial charge in [-0.25, -0.2) is 0 Å². The summed E-state index contributed by atoms with van der Waals surface area (Å²) in [4.78, 5) is 0. The van der Waals surface area contributed by atoms with Gasteiger partial charge < -0.3 is 15.2 Å². The first-order valence-corrected chi connectivity index (χ1v) is 5.41. The van der Waals surface area contributed by atoms with E-state index in [0.717, 1.165) is 23.5 Å². The summed E-state index contributed by atoms with van der Waals surface area (Å²) >= 11 is 0. The maximum Gasteiger partial charge on any atom is 0.165 e. The Bertz CT molecular complexity index is 300. The Kier molecular flexibility index (Phi) is 4.98. The van der Waals surface area contributed by atoms with Crippen molar-refractivity contribution in [3.05, 3.63) is 23.8 Å². The van der Waals surface area contributed by atoms with E-state index in [-0.39, 0.29) is 0 Å². The topological polar surface area (TPSA) is 44.5 Å². The maximum absolute atomic E-state index is 5.66. The molecule has 3 nitrogen and oxygen atoms in total. The van der Waals surface area contributed by atoms with Gasteiger partial charge in [-0.15, -0.1) is 0 Å². The summed E-state index contributed by atoms with van der Waals surface area (Å²) < 4.78 is 11.2. The van der Waals surface area contributed by atoms with Gasteiger partial charge in [0.1, 0.15) is 0 Å². The molecule has 1 aromatic carbocycles. The van der Waals surface area contributed by atoms with E-state index in [1.807, 2.05) is 25.1 Å². The fraction of sp³-hybridized carbons (Fsp3) is 0.500. The van der Waals surface area contributed by atoms with Gasteiger partial charge in [-0.05, 0) is 19.4 Å². The summed E-state index contributed by atoms with van der Waals surface area (Å²) in [6, 6.07) is 5.81. The van der Waals surface area contributed by atoms with Crippen molar-refractivity contribution in [1.82, 2.24) is 0 Å². The molecule has 0 aliphatic heterocycles. The molecule has 0 heterocycles. The summed E-state index contributed by atoms with van der Waals surface area (Å²) in [7, 11) is 0. The van der Waals surface area contributed by atoms with E-state index in [0.29, 0.717) is 19.8 Å². The van der Waals surface area contributed by atoms with Gasteiger partial charge in [0.05, 0.1) is 13.2 Å². The van der Waals surface area contributed by atoms with Crippen molar-refractivity contribution in [2.45, 2.75) is 26.8 Å². The van der Waals surface area contributed by atoms with E-state index in [1.165, 1.54) is 0 Å². The van der Waals surface area contributed by atoms with Crippen LogP contribution in [0.15, 0.2) is 18.2 Å². The highest BCUT2D eigenvalue weighted by molar-refractivity contribution is 5.46. The molecule has 0 amide bonds. The van der Waals surface area contributed by atoms with Crippen molar-refractivity contribution < 1.29 is 9.47 Å². The van der Waals surface area contributed by atoms with Gasteiger partial charge in [0.15, 0.2) is 11.5 Å². The van der Waals surface area contributed by atoms with Crippen molar-refractivity contribution >= 4 is 0 Å². The number of nitrogens with two attached hydrogens (primary N) is 1. The molecule has 1 rings (SSSR count). The second-order valence-corrected chi connectivity index (χ2v) is 3.23. The normalized spacial score (nSPS) is 10.1. The highest BCUT2D eigenvalue weighted by Gasteiger charge is 2.09. The first-order chi connectivity index (χ1) is 7.33. The van der Waals surface area contributed by atoms with Gasteiger partial charge in [0, 0.05) is 12.1 Å². The lowest BCUT2D eigenvalue weighted by Crippen LogP contribution is -2.05. The molecule has 0 saturated heterocycles. The minimum absolute atomic E-state index is 0.472. The number of para-hydroxylation sites is 1. The largest absolute Gasteiger partial charge is 0.490 e. The lowest BCUT2D eigenvalue weighted by Gasteiger charge is -2.14. The monoisotopic (exact) mass is 209 g/mol. The second kappa shape index (κ2) is 6.30. The fourth-order valence-electron chi connectivity index (χ4n) is 1.36. The molecule has 0 fully saturated rings. The van der Waals surface area contributed by atoms with Crippen LogP contribution in [-0.4, -0.2) is 13.2 Å². The van der Waals surface area contributed by atoms with Crippen molar-refractivity contribution in [3.63, 3.8) is 0 Å². The number of rotatable bonds is 6. The lowest BCUT2D eigenvalue weighted by molar-refractivity contribution is 0.274. The summed E-state index contributed by atoms with van der Waals surface area (Å²) in [5, 5.41) is 0. The third-order valence-electron chi connectivity index (χ3n) is 2.03. The third kappa shape index (κ3) is 3.13. The van der Waals surface area contributed by atoms with Gasteiger partial charge in [0.25, 0.3) is 0 Å². The van der Waals surface area contributed by atoms with E-state index in [4.69, 9.17) is 15.2 Å². The number of hydrogen-bond donors (Lipinski definition) is 1. The predicted octanol–water partition coefficient (Wildman–Crippen LogP) is 2.33. The van der Waals surface area contributed by atoms with Crippen LogP contribution < -0.4 is 15.2 Å². The summed E-state index contributed by atoms with van der Waals surface area (Å²) in [5.41, 5.74) is 6.65. The first-order valence-electron chi connectivity index (χ1n) is 5.41. The molecule has 0 atom stereocenters. The zero-order valence-electron chi connectivity index (χ0n) is 9.45. The van der Waals surface area contributed by atoms with E-state index in [9.17, 15) is 0 Å². The third-order valence-corrected chi connectivity index (χ3v) is 2.03. The minimum atomic E-state index is 0.472. The van der Waals surface area contributed by atoms with Crippen LogP contribution in [0.5, 0.6) is 11.5 Å². The van der Waals surface area contributed by atoms with Crippen LogP contribution >= 0.6 is 0 Å². The lowest BCUT2D eigenvalue weighted by atomic mass is 10.2. The highest BCUT2D eigenvalue weighted by atomic mass is 16.5. The first kappa shape index (κ1) is 11.9. The standard InChI is InChI=1S/C12H19NO2/c1-3-8-15-12-10(9-13)6-5-7-11(12)14-4-2/h5-7H,3-4,8-9,13H2,1-2H3. The Morgan fingerprint density at radius 1 is 1.20 bits per heavy atom. The highest BCUT2D eigenvalue weighted by Crippen LogP contribution is 2.31. The Hall–Kier alpha value is -1.22. The van der Waals surface area contributed by atoms with Gasteiger partial charge >= 0.3 is 0 Å². The zero-order valence-corrected chi connectivity index (χ0v) is 9.45. The molecule has 15 heavy (non-hydrogen) atoms. The molecular weight excluding hydrogens is 190 g/mol. The molecule has 3 heteroatoms. The predicted molar refractivity (Wildman–Crippen MR) is 61.3 cm³/mol. The summed E-state index contributed by atoms with van der Waals surface area (Å²) in [6.07, 6.45) is 0.977. The van der Waals surface area contributed by atoms with E-state index in [2.05, 4.69) is 6.92 Å². The molecule has 0 unspecified atom stereocenters. The van der Waals surface area contributed by atoms with Gasteiger partial charge in [-0.2, -0.15) is 0 Å². The molecule has 0 aromatic heterocycles. The molecule has 84 valence electrons.